The first kappa shape index (κ1) is 18.9. The van der Waals surface area contributed by atoms with E-state index in [0.717, 1.165) is 15.9 Å². The lowest BCUT2D eigenvalue weighted by atomic mass is 9.92. The predicted octanol–water partition coefficient (Wildman–Crippen LogP) is 3.21. The number of halogens is 2. The molecule has 26 heavy (non-hydrogen) atoms. The first-order chi connectivity index (χ1) is 12.5. The van der Waals surface area contributed by atoms with Crippen LogP contribution < -0.4 is 20.1 Å². The molecule has 1 aliphatic rings. The molecule has 0 spiro atoms. The van der Waals surface area contributed by atoms with E-state index in [9.17, 15) is 4.39 Å². The van der Waals surface area contributed by atoms with E-state index >= 15 is 0 Å². The molecule has 1 saturated heterocycles. The van der Waals surface area contributed by atoms with Gasteiger partial charge < -0.3 is 20.1 Å². The van der Waals surface area contributed by atoms with Crippen molar-refractivity contribution in [1.82, 2.24) is 4.98 Å². The summed E-state index contributed by atoms with van der Waals surface area (Å²) in [6.07, 6.45) is 1.32. The van der Waals surface area contributed by atoms with Gasteiger partial charge in [0, 0.05) is 29.2 Å². The molecule has 140 valence electrons. The van der Waals surface area contributed by atoms with Gasteiger partial charge in [-0.1, -0.05) is 6.07 Å². The number of hydrogen-bond donors (Lipinski definition) is 1. The van der Waals surface area contributed by atoms with Crippen molar-refractivity contribution in [2.45, 2.75) is 18.6 Å². The highest BCUT2D eigenvalue weighted by atomic mass is 79.9. The summed E-state index contributed by atoms with van der Waals surface area (Å²) in [4.78, 5) is 6.31. The zero-order chi connectivity index (χ0) is 18.7. The molecule has 2 heterocycles. The van der Waals surface area contributed by atoms with Gasteiger partial charge in [-0.15, -0.1) is 0 Å². The number of benzene rings is 1. The quantitative estimate of drug-likeness (QED) is 0.772. The summed E-state index contributed by atoms with van der Waals surface area (Å²) >= 11 is 3.37. The third-order valence-corrected chi connectivity index (χ3v) is 5.26. The summed E-state index contributed by atoms with van der Waals surface area (Å²) in [5, 5.41) is 0. The zero-order valence-corrected chi connectivity index (χ0v) is 16.4. The number of ether oxygens (including phenoxy) is 2. The second-order valence-corrected chi connectivity index (χ2v) is 7.39. The second kappa shape index (κ2) is 8.22. The molecule has 0 bridgehead atoms. The number of hydrogen-bond acceptors (Lipinski definition) is 5. The van der Waals surface area contributed by atoms with Crippen LogP contribution in [0.15, 0.2) is 41.0 Å². The van der Waals surface area contributed by atoms with E-state index in [2.05, 4.69) is 20.9 Å². The van der Waals surface area contributed by atoms with Crippen molar-refractivity contribution >= 4 is 21.7 Å². The van der Waals surface area contributed by atoms with Crippen LogP contribution in [0.4, 0.5) is 10.2 Å². The first-order valence-electron chi connectivity index (χ1n) is 8.49. The minimum absolute atomic E-state index is 0.242. The summed E-state index contributed by atoms with van der Waals surface area (Å²) in [6.45, 7) is 0.878. The Morgan fingerprint density at radius 3 is 2.65 bits per heavy atom. The molecule has 0 saturated carbocycles. The first-order valence-corrected chi connectivity index (χ1v) is 9.28. The van der Waals surface area contributed by atoms with Gasteiger partial charge in [-0.25, -0.2) is 9.37 Å². The van der Waals surface area contributed by atoms with Crippen LogP contribution in [0.1, 0.15) is 5.56 Å². The van der Waals surface area contributed by atoms with Crippen LogP contribution in [-0.4, -0.2) is 44.5 Å². The lowest BCUT2D eigenvalue weighted by molar-refractivity contribution is 0.251. The molecule has 0 radical (unpaired) electrons. The highest BCUT2D eigenvalue weighted by Crippen LogP contribution is 2.31. The number of nitrogens with two attached hydrogens (primary N) is 1. The number of aromatic nitrogens is 1. The van der Waals surface area contributed by atoms with E-state index in [1.807, 2.05) is 35.2 Å². The molecule has 7 heteroatoms. The van der Waals surface area contributed by atoms with Crippen molar-refractivity contribution < 1.29 is 13.9 Å². The fourth-order valence-electron chi connectivity index (χ4n) is 3.37. The average Bonchev–Trinajstić information content (AvgIpc) is 3.04. The molecule has 0 aliphatic carbocycles. The van der Waals surface area contributed by atoms with Crippen molar-refractivity contribution in [3.8, 4) is 11.5 Å². The number of rotatable bonds is 6. The molecule has 3 atom stereocenters. The van der Waals surface area contributed by atoms with Gasteiger partial charge in [0.25, 0.3) is 0 Å². The fourth-order valence-corrected chi connectivity index (χ4v) is 3.60. The molecule has 3 unspecified atom stereocenters. The minimum atomic E-state index is -0.976. The van der Waals surface area contributed by atoms with Gasteiger partial charge in [-0.2, -0.15) is 0 Å². The van der Waals surface area contributed by atoms with E-state index in [0.29, 0.717) is 31.0 Å². The van der Waals surface area contributed by atoms with Crippen molar-refractivity contribution in [1.29, 1.82) is 0 Å². The van der Waals surface area contributed by atoms with Crippen molar-refractivity contribution in [3.63, 3.8) is 0 Å². The van der Waals surface area contributed by atoms with Gasteiger partial charge >= 0.3 is 0 Å². The highest BCUT2D eigenvalue weighted by molar-refractivity contribution is 9.10. The van der Waals surface area contributed by atoms with Crippen LogP contribution in [0.5, 0.6) is 11.5 Å². The number of pyridine rings is 1. The summed E-state index contributed by atoms with van der Waals surface area (Å²) < 4.78 is 26.1. The van der Waals surface area contributed by atoms with E-state index in [4.69, 9.17) is 15.2 Å². The van der Waals surface area contributed by atoms with Crippen LogP contribution in [0.25, 0.3) is 0 Å². The maximum Gasteiger partial charge on any atom is 0.160 e. The molecule has 5 nitrogen and oxygen atoms in total. The van der Waals surface area contributed by atoms with E-state index in [-0.39, 0.29) is 12.0 Å². The van der Waals surface area contributed by atoms with Crippen molar-refractivity contribution in [2.75, 3.05) is 32.2 Å². The molecule has 1 aromatic carbocycles. The molecule has 2 N–H and O–H groups in total. The Kier molecular flexibility index (Phi) is 5.98. The molecular formula is C19H23BrFN3O2. The highest BCUT2D eigenvalue weighted by Gasteiger charge is 2.37. The summed E-state index contributed by atoms with van der Waals surface area (Å²) in [7, 11) is 3.19. The minimum Gasteiger partial charge on any atom is -0.493 e. The zero-order valence-electron chi connectivity index (χ0n) is 14.9. The van der Waals surface area contributed by atoms with Crippen LogP contribution in [0.3, 0.4) is 0 Å². The number of alkyl halides is 1. The Bertz CT molecular complexity index is 744. The second-order valence-electron chi connectivity index (χ2n) is 6.48. The van der Waals surface area contributed by atoms with E-state index in [1.165, 1.54) is 0 Å². The molecule has 1 aliphatic heterocycles. The molecule has 2 aromatic rings. The third-order valence-electron chi connectivity index (χ3n) is 4.80. The van der Waals surface area contributed by atoms with Gasteiger partial charge in [0.2, 0.25) is 0 Å². The van der Waals surface area contributed by atoms with Crippen LogP contribution >= 0.6 is 15.9 Å². The molecule has 1 aromatic heterocycles. The van der Waals surface area contributed by atoms with Gasteiger partial charge in [-0.05, 0) is 52.2 Å². The van der Waals surface area contributed by atoms with Crippen molar-refractivity contribution in [3.05, 3.63) is 46.6 Å². The summed E-state index contributed by atoms with van der Waals surface area (Å²) in [5.74, 6) is 1.85. The molecule has 3 rings (SSSR count). The van der Waals surface area contributed by atoms with Crippen LogP contribution in [0.2, 0.25) is 0 Å². The summed E-state index contributed by atoms with van der Waals surface area (Å²) in [5.41, 5.74) is 7.36. The standard InChI is InChI=1S/C19H23BrFN3O2/c1-25-17-5-3-12(8-18(17)26-2)7-16(22)14-10-24(11-15(14)21)19-6-4-13(20)9-23-19/h3-6,8-9,14-16H,7,10-11,22H2,1-2H3. The monoisotopic (exact) mass is 423 g/mol. The number of anilines is 1. The molecule has 1 fully saturated rings. The molecular weight excluding hydrogens is 401 g/mol. The Morgan fingerprint density at radius 1 is 1.23 bits per heavy atom. The van der Waals surface area contributed by atoms with Crippen LogP contribution in [-0.2, 0) is 6.42 Å². The maximum atomic E-state index is 14.6. The maximum absolute atomic E-state index is 14.6. The topological polar surface area (TPSA) is 60.6 Å². The Morgan fingerprint density at radius 2 is 2.00 bits per heavy atom. The predicted molar refractivity (Wildman–Crippen MR) is 104 cm³/mol. The number of nitrogens with zero attached hydrogens (tertiary/aromatic N) is 2. The van der Waals surface area contributed by atoms with Gasteiger partial charge in [0.15, 0.2) is 11.5 Å². The Labute approximate surface area is 161 Å². The van der Waals surface area contributed by atoms with Gasteiger partial charge in [0.1, 0.15) is 12.0 Å². The third kappa shape index (κ3) is 4.10. The normalized spacial score (nSPS) is 20.9. The Hall–Kier alpha value is -1.86. The largest absolute Gasteiger partial charge is 0.493 e. The fraction of sp³-hybridized carbons (Fsp3) is 0.421. The lowest BCUT2D eigenvalue weighted by Crippen LogP contribution is -2.37. The van der Waals surface area contributed by atoms with E-state index < -0.39 is 6.17 Å². The SMILES string of the molecule is COc1ccc(CC(N)C2CN(c3ccc(Br)cn3)CC2F)cc1OC. The average molecular weight is 424 g/mol. The van der Waals surface area contributed by atoms with Gasteiger partial charge in [-0.3, -0.25) is 0 Å². The lowest BCUT2D eigenvalue weighted by Gasteiger charge is -2.22. The smallest absolute Gasteiger partial charge is 0.160 e. The number of methoxy groups -OCH3 is 2. The van der Waals surface area contributed by atoms with Gasteiger partial charge in [0.05, 0.1) is 20.8 Å². The van der Waals surface area contributed by atoms with Crippen LogP contribution in [0, 0.1) is 5.92 Å². The Balaban J connectivity index is 1.68. The van der Waals surface area contributed by atoms with Crippen molar-refractivity contribution in [2.24, 2.45) is 11.7 Å². The summed E-state index contributed by atoms with van der Waals surface area (Å²) in [6, 6.07) is 9.20. The molecule has 0 amide bonds. The van der Waals surface area contributed by atoms with E-state index in [1.54, 1.807) is 20.4 Å².